The predicted molar refractivity (Wildman–Crippen MR) is 84.6 cm³/mol. The summed E-state index contributed by atoms with van der Waals surface area (Å²) in [7, 11) is 0. The molecule has 0 radical (unpaired) electrons. The highest BCUT2D eigenvalue weighted by atomic mass is 32.1. The second-order valence-electron chi connectivity index (χ2n) is 4.61. The average Bonchev–Trinajstić information content (AvgIpc) is 2.93. The highest BCUT2D eigenvalue weighted by Crippen LogP contribution is 2.30. The normalized spacial score (nSPS) is 11.0. The van der Waals surface area contributed by atoms with Crippen LogP contribution in [0.1, 0.15) is 11.8 Å². The van der Waals surface area contributed by atoms with Gasteiger partial charge in [0.1, 0.15) is 0 Å². The van der Waals surface area contributed by atoms with E-state index in [-0.39, 0.29) is 0 Å². The minimum atomic E-state index is 0.967. The molecule has 0 fully saturated rings. The lowest BCUT2D eigenvalue weighted by Gasteiger charge is -2.01. The molecule has 1 N–H and O–H groups in total. The van der Waals surface area contributed by atoms with Gasteiger partial charge in [-0.2, -0.15) is 0 Å². The van der Waals surface area contributed by atoms with Gasteiger partial charge in [-0.3, -0.25) is 0 Å². The Bertz CT molecular complexity index is 684. The van der Waals surface area contributed by atoms with Gasteiger partial charge in [-0.25, -0.2) is 0 Å². The Kier molecular flexibility index (Phi) is 3.62. The standard InChI is InChI=1S/C17H17NS/c1-2-18-12-16-9-10-17(19-16)15-8-7-13-5-3-4-6-14(13)11-15/h3-11,18H,2,12H2,1H3. The van der Waals surface area contributed by atoms with Crippen LogP contribution in [-0.2, 0) is 6.54 Å². The molecule has 0 aliphatic carbocycles. The number of fused-ring (bicyclic) bond motifs is 1. The van der Waals surface area contributed by atoms with Crippen LogP contribution in [0.2, 0.25) is 0 Å². The van der Waals surface area contributed by atoms with Crippen LogP contribution >= 0.6 is 11.3 Å². The van der Waals surface area contributed by atoms with E-state index in [4.69, 9.17) is 0 Å². The zero-order valence-corrected chi connectivity index (χ0v) is 11.8. The first-order valence-corrected chi connectivity index (χ1v) is 7.47. The molecule has 2 aromatic carbocycles. The van der Waals surface area contributed by atoms with E-state index in [1.54, 1.807) is 0 Å². The van der Waals surface area contributed by atoms with E-state index in [0.29, 0.717) is 0 Å². The molecular weight excluding hydrogens is 250 g/mol. The first-order valence-electron chi connectivity index (χ1n) is 6.65. The molecule has 0 aliphatic rings. The maximum Gasteiger partial charge on any atom is 0.0346 e. The molecule has 3 aromatic rings. The van der Waals surface area contributed by atoms with Gasteiger partial charge in [-0.05, 0) is 41.1 Å². The quantitative estimate of drug-likeness (QED) is 0.724. The van der Waals surface area contributed by atoms with Crippen LogP contribution in [-0.4, -0.2) is 6.54 Å². The minimum absolute atomic E-state index is 0.967. The van der Waals surface area contributed by atoms with E-state index in [0.717, 1.165) is 13.1 Å². The predicted octanol–water partition coefficient (Wildman–Crippen LogP) is 4.68. The Morgan fingerprint density at radius 2 is 1.79 bits per heavy atom. The number of hydrogen-bond acceptors (Lipinski definition) is 2. The van der Waals surface area contributed by atoms with Crippen LogP contribution in [0.15, 0.2) is 54.6 Å². The van der Waals surface area contributed by atoms with Gasteiger partial charge >= 0.3 is 0 Å². The van der Waals surface area contributed by atoms with Crippen LogP contribution in [0.3, 0.4) is 0 Å². The third-order valence-corrected chi connectivity index (χ3v) is 4.38. The maximum absolute atomic E-state index is 3.37. The summed E-state index contributed by atoms with van der Waals surface area (Å²) in [6.45, 7) is 4.12. The molecule has 0 atom stereocenters. The van der Waals surface area contributed by atoms with Crippen molar-refractivity contribution in [2.75, 3.05) is 6.54 Å². The molecule has 2 heteroatoms. The zero-order chi connectivity index (χ0) is 13.1. The topological polar surface area (TPSA) is 12.0 Å². The smallest absolute Gasteiger partial charge is 0.0346 e. The van der Waals surface area contributed by atoms with Crippen LogP contribution in [0, 0.1) is 0 Å². The van der Waals surface area contributed by atoms with E-state index in [9.17, 15) is 0 Å². The molecule has 1 nitrogen and oxygen atoms in total. The highest BCUT2D eigenvalue weighted by Gasteiger charge is 2.03. The minimum Gasteiger partial charge on any atom is -0.312 e. The van der Waals surface area contributed by atoms with E-state index < -0.39 is 0 Å². The number of thiophene rings is 1. The van der Waals surface area contributed by atoms with Gasteiger partial charge in [-0.15, -0.1) is 11.3 Å². The van der Waals surface area contributed by atoms with Crippen molar-refractivity contribution >= 4 is 22.1 Å². The van der Waals surface area contributed by atoms with Crippen molar-refractivity contribution in [2.24, 2.45) is 0 Å². The van der Waals surface area contributed by atoms with Gasteiger partial charge in [0.05, 0.1) is 0 Å². The fourth-order valence-electron chi connectivity index (χ4n) is 2.22. The molecule has 96 valence electrons. The molecule has 0 bridgehead atoms. The van der Waals surface area contributed by atoms with Crippen LogP contribution in [0.5, 0.6) is 0 Å². The third kappa shape index (κ3) is 2.70. The number of rotatable bonds is 4. The first-order chi connectivity index (χ1) is 9.36. The number of nitrogens with one attached hydrogen (secondary N) is 1. The van der Waals surface area contributed by atoms with Crippen LogP contribution in [0.25, 0.3) is 21.2 Å². The van der Waals surface area contributed by atoms with Crippen molar-refractivity contribution in [2.45, 2.75) is 13.5 Å². The van der Waals surface area contributed by atoms with E-state index in [1.807, 2.05) is 11.3 Å². The molecule has 3 rings (SSSR count). The summed E-state index contributed by atoms with van der Waals surface area (Å²) >= 11 is 1.87. The highest BCUT2D eigenvalue weighted by molar-refractivity contribution is 7.15. The Hall–Kier alpha value is -1.64. The van der Waals surface area contributed by atoms with Gasteiger partial charge in [-0.1, -0.05) is 43.3 Å². The molecule has 0 spiro atoms. The second kappa shape index (κ2) is 5.55. The molecule has 0 saturated heterocycles. The fourth-order valence-corrected chi connectivity index (χ4v) is 3.19. The first kappa shape index (κ1) is 12.4. The summed E-state index contributed by atoms with van der Waals surface area (Å²) in [5.41, 5.74) is 1.31. The second-order valence-corrected chi connectivity index (χ2v) is 5.78. The van der Waals surface area contributed by atoms with Crippen molar-refractivity contribution in [3.05, 3.63) is 59.5 Å². The third-order valence-electron chi connectivity index (χ3n) is 3.24. The molecular formula is C17H17NS. The van der Waals surface area contributed by atoms with Gasteiger partial charge in [0.25, 0.3) is 0 Å². The summed E-state index contributed by atoms with van der Waals surface area (Å²) in [6, 6.07) is 19.6. The molecule has 19 heavy (non-hydrogen) atoms. The maximum atomic E-state index is 3.37. The molecule has 0 saturated carbocycles. The van der Waals surface area contributed by atoms with Gasteiger partial charge in [0.15, 0.2) is 0 Å². The summed E-state index contributed by atoms with van der Waals surface area (Å²) in [5, 5.41) is 5.98. The Labute approximate surface area is 117 Å². The van der Waals surface area contributed by atoms with E-state index in [2.05, 4.69) is 66.8 Å². The van der Waals surface area contributed by atoms with Crippen molar-refractivity contribution in [3.8, 4) is 10.4 Å². The van der Waals surface area contributed by atoms with Gasteiger partial charge in [0, 0.05) is 16.3 Å². The van der Waals surface area contributed by atoms with E-state index in [1.165, 1.54) is 26.1 Å². The van der Waals surface area contributed by atoms with Gasteiger partial charge < -0.3 is 5.32 Å². The lowest BCUT2D eigenvalue weighted by molar-refractivity contribution is 0.735. The monoisotopic (exact) mass is 267 g/mol. The Morgan fingerprint density at radius 1 is 0.947 bits per heavy atom. The number of hydrogen-bond donors (Lipinski definition) is 1. The molecule has 0 aliphatic heterocycles. The SMILES string of the molecule is CCNCc1ccc(-c2ccc3ccccc3c2)s1. The summed E-state index contributed by atoms with van der Waals surface area (Å²) in [5.74, 6) is 0. The summed E-state index contributed by atoms with van der Waals surface area (Å²) in [4.78, 5) is 2.74. The Balaban J connectivity index is 1.92. The molecule has 1 aromatic heterocycles. The molecule has 0 unspecified atom stereocenters. The largest absolute Gasteiger partial charge is 0.312 e. The van der Waals surface area contributed by atoms with Crippen LogP contribution in [0.4, 0.5) is 0 Å². The van der Waals surface area contributed by atoms with Crippen LogP contribution < -0.4 is 5.32 Å². The Morgan fingerprint density at radius 3 is 2.63 bits per heavy atom. The summed E-state index contributed by atoms with van der Waals surface area (Å²) < 4.78 is 0. The van der Waals surface area contributed by atoms with Gasteiger partial charge in [0.2, 0.25) is 0 Å². The van der Waals surface area contributed by atoms with E-state index >= 15 is 0 Å². The van der Waals surface area contributed by atoms with Crippen molar-refractivity contribution in [1.82, 2.24) is 5.32 Å². The fraction of sp³-hybridized carbons (Fsp3) is 0.176. The average molecular weight is 267 g/mol. The number of benzene rings is 2. The molecule has 1 heterocycles. The lowest BCUT2D eigenvalue weighted by Crippen LogP contribution is -2.10. The summed E-state index contributed by atoms with van der Waals surface area (Å²) in [6.07, 6.45) is 0. The van der Waals surface area contributed by atoms with Crippen molar-refractivity contribution < 1.29 is 0 Å². The zero-order valence-electron chi connectivity index (χ0n) is 11.0. The lowest BCUT2D eigenvalue weighted by atomic mass is 10.1. The van der Waals surface area contributed by atoms with Crippen molar-refractivity contribution in [1.29, 1.82) is 0 Å². The van der Waals surface area contributed by atoms with Crippen molar-refractivity contribution in [3.63, 3.8) is 0 Å². The molecule has 0 amide bonds.